The van der Waals surface area contributed by atoms with Gasteiger partial charge in [-0.25, -0.2) is 4.79 Å². The van der Waals surface area contributed by atoms with Crippen molar-refractivity contribution in [3.05, 3.63) is 40.9 Å². The second-order valence-corrected chi connectivity index (χ2v) is 4.85. The first-order valence-electron chi connectivity index (χ1n) is 6.05. The fourth-order valence-corrected chi connectivity index (χ4v) is 2.25. The summed E-state index contributed by atoms with van der Waals surface area (Å²) in [7, 11) is 0. The summed E-state index contributed by atoms with van der Waals surface area (Å²) in [5.41, 5.74) is 0.851. The lowest BCUT2D eigenvalue weighted by atomic mass is 10.2. The number of benzene rings is 1. The first-order valence-corrected chi connectivity index (χ1v) is 6.43. The average Bonchev–Trinajstić information content (AvgIpc) is 2.87. The van der Waals surface area contributed by atoms with E-state index in [1.807, 2.05) is 0 Å². The highest BCUT2D eigenvalue weighted by Gasteiger charge is 2.32. The molecule has 1 amide bonds. The van der Waals surface area contributed by atoms with Crippen molar-refractivity contribution in [2.75, 3.05) is 6.54 Å². The summed E-state index contributed by atoms with van der Waals surface area (Å²) in [6.45, 7) is 0.501. The molecule has 0 saturated carbocycles. The van der Waals surface area contributed by atoms with Crippen LogP contribution in [0.25, 0.3) is 6.08 Å². The number of aliphatic carboxylic acids is 1. The smallest absolute Gasteiger partial charge is 0.326 e. The second kappa shape index (κ2) is 5.89. The van der Waals surface area contributed by atoms with Crippen LogP contribution in [0.4, 0.5) is 0 Å². The third-order valence-corrected chi connectivity index (χ3v) is 3.36. The van der Waals surface area contributed by atoms with Gasteiger partial charge in [0.2, 0.25) is 5.91 Å². The zero-order valence-electron chi connectivity index (χ0n) is 10.3. The van der Waals surface area contributed by atoms with Gasteiger partial charge in [-0.15, -0.1) is 0 Å². The summed E-state index contributed by atoms with van der Waals surface area (Å²) in [5, 5.41) is 9.65. The van der Waals surface area contributed by atoms with Gasteiger partial charge in [-0.05, 0) is 36.6 Å². The second-order valence-electron chi connectivity index (χ2n) is 4.41. The minimum absolute atomic E-state index is 0.264. The Hall–Kier alpha value is -1.81. The molecule has 1 aliphatic heterocycles. The molecule has 2 rings (SSSR count). The number of nitrogens with zero attached hydrogens (tertiary/aromatic N) is 1. The van der Waals surface area contributed by atoms with Crippen LogP contribution in [-0.4, -0.2) is 34.5 Å². The number of rotatable bonds is 3. The number of hydrogen-bond acceptors (Lipinski definition) is 2. The number of likely N-dealkylation sites (tertiary alicyclic amines) is 1. The number of carboxylic acids is 1. The molecular weight excluding hydrogens is 266 g/mol. The van der Waals surface area contributed by atoms with Gasteiger partial charge in [-0.1, -0.05) is 23.7 Å². The van der Waals surface area contributed by atoms with Crippen molar-refractivity contribution < 1.29 is 14.7 Å². The lowest BCUT2D eigenvalue weighted by Gasteiger charge is -2.19. The average molecular weight is 280 g/mol. The van der Waals surface area contributed by atoms with E-state index in [1.54, 1.807) is 30.3 Å². The zero-order chi connectivity index (χ0) is 13.8. The molecule has 0 aliphatic carbocycles. The van der Waals surface area contributed by atoms with Crippen molar-refractivity contribution in [1.29, 1.82) is 0 Å². The highest BCUT2D eigenvalue weighted by Crippen LogP contribution is 2.18. The third-order valence-electron chi connectivity index (χ3n) is 3.11. The minimum atomic E-state index is -0.939. The lowest BCUT2D eigenvalue weighted by molar-refractivity contribution is -0.146. The van der Waals surface area contributed by atoms with Crippen LogP contribution in [0, 0.1) is 0 Å². The van der Waals surface area contributed by atoms with Crippen LogP contribution < -0.4 is 0 Å². The van der Waals surface area contributed by atoms with E-state index in [-0.39, 0.29) is 5.91 Å². The predicted octanol–water partition coefficient (Wildman–Crippen LogP) is 2.43. The number of carboxylic acid groups (broad SMARTS) is 1. The van der Waals surface area contributed by atoms with Gasteiger partial charge in [0.15, 0.2) is 0 Å². The monoisotopic (exact) mass is 279 g/mol. The van der Waals surface area contributed by atoms with Gasteiger partial charge in [0.1, 0.15) is 6.04 Å². The van der Waals surface area contributed by atoms with Gasteiger partial charge < -0.3 is 10.0 Å². The maximum Gasteiger partial charge on any atom is 0.326 e. The summed E-state index contributed by atoms with van der Waals surface area (Å²) in [5.74, 6) is -1.20. The summed E-state index contributed by atoms with van der Waals surface area (Å²) >= 11 is 5.77. The molecule has 1 atom stereocenters. The molecule has 0 aromatic heterocycles. The Bertz CT molecular complexity index is 510. The Morgan fingerprint density at radius 2 is 2.00 bits per heavy atom. The Morgan fingerprint density at radius 3 is 2.63 bits per heavy atom. The maximum atomic E-state index is 12.0. The van der Waals surface area contributed by atoms with Crippen LogP contribution in [0.15, 0.2) is 30.3 Å². The molecule has 1 heterocycles. The van der Waals surface area contributed by atoms with Gasteiger partial charge in [0.25, 0.3) is 0 Å². The van der Waals surface area contributed by atoms with E-state index in [0.29, 0.717) is 18.0 Å². The van der Waals surface area contributed by atoms with Crippen LogP contribution in [0.3, 0.4) is 0 Å². The number of halogens is 1. The van der Waals surface area contributed by atoms with Gasteiger partial charge in [0.05, 0.1) is 0 Å². The third kappa shape index (κ3) is 3.35. The van der Waals surface area contributed by atoms with E-state index in [4.69, 9.17) is 16.7 Å². The Labute approximate surface area is 116 Å². The molecule has 4 nitrogen and oxygen atoms in total. The quantitative estimate of drug-likeness (QED) is 0.865. The predicted molar refractivity (Wildman–Crippen MR) is 72.9 cm³/mol. The molecule has 100 valence electrons. The molecule has 0 radical (unpaired) electrons. The highest BCUT2D eigenvalue weighted by atomic mass is 35.5. The standard InChI is InChI=1S/C14H14ClNO3/c15-11-6-3-10(4-7-11)5-8-13(17)16-9-1-2-12(16)14(18)19/h3-8,12H,1-2,9H2,(H,18,19)/b8-5-/t12-/m0/s1. The maximum absolute atomic E-state index is 12.0. The SMILES string of the molecule is O=C(O)[C@@H]1CCCN1C(=O)/C=C\c1ccc(Cl)cc1. The number of hydrogen-bond donors (Lipinski definition) is 1. The molecule has 1 aromatic rings. The van der Waals surface area contributed by atoms with E-state index in [9.17, 15) is 9.59 Å². The van der Waals surface area contributed by atoms with Crippen molar-refractivity contribution in [2.24, 2.45) is 0 Å². The molecular formula is C14H14ClNO3. The Morgan fingerprint density at radius 1 is 1.32 bits per heavy atom. The lowest BCUT2D eigenvalue weighted by Crippen LogP contribution is -2.39. The molecule has 1 N–H and O–H groups in total. The summed E-state index contributed by atoms with van der Waals surface area (Å²) in [6, 6.07) is 6.38. The largest absolute Gasteiger partial charge is 0.480 e. The molecule has 1 aromatic carbocycles. The summed E-state index contributed by atoms with van der Waals surface area (Å²) < 4.78 is 0. The van der Waals surface area contributed by atoms with Crippen LogP contribution in [-0.2, 0) is 9.59 Å². The molecule has 1 saturated heterocycles. The van der Waals surface area contributed by atoms with Gasteiger partial charge in [-0.2, -0.15) is 0 Å². The number of carbonyl (C=O) groups excluding carboxylic acids is 1. The van der Waals surface area contributed by atoms with E-state index in [1.165, 1.54) is 11.0 Å². The fraction of sp³-hybridized carbons (Fsp3) is 0.286. The van der Waals surface area contributed by atoms with E-state index < -0.39 is 12.0 Å². The topological polar surface area (TPSA) is 57.6 Å². The van der Waals surface area contributed by atoms with E-state index in [2.05, 4.69) is 0 Å². The number of amides is 1. The number of carbonyl (C=O) groups is 2. The molecule has 19 heavy (non-hydrogen) atoms. The van der Waals surface area contributed by atoms with Crippen LogP contribution in [0.1, 0.15) is 18.4 Å². The molecule has 1 aliphatic rings. The van der Waals surface area contributed by atoms with Crippen molar-refractivity contribution in [2.45, 2.75) is 18.9 Å². The summed E-state index contributed by atoms with van der Waals surface area (Å²) in [6.07, 6.45) is 4.33. The highest BCUT2D eigenvalue weighted by molar-refractivity contribution is 6.30. The molecule has 0 bridgehead atoms. The van der Waals surface area contributed by atoms with Gasteiger partial charge in [0, 0.05) is 17.6 Å². The molecule has 5 heteroatoms. The molecule has 0 spiro atoms. The normalized spacial score (nSPS) is 19.0. The first-order chi connectivity index (χ1) is 9.08. The zero-order valence-corrected chi connectivity index (χ0v) is 11.0. The van der Waals surface area contributed by atoms with Crippen molar-refractivity contribution >= 4 is 29.6 Å². The first kappa shape index (κ1) is 13.6. The fourth-order valence-electron chi connectivity index (χ4n) is 2.12. The molecule has 1 fully saturated rings. The van der Waals surface area contributed by atoms with Crippen LogP contribution in [0.5, 0.6) is 0 Å². The van der Waals surface area contributed by atoms with Crippen LogP contribution in [0.2, 0.25) is 5.02 Å². The minimum Gasteiger partial charge on any atom is -0.480 e. The Balaban J connectivity index is 2.04. The molecule has 0 unspecified atom stereocenters. The van der Waals surface area contributed by atoms with Gasteiger partial charge in [-0.3, -0.25) is 4.79 Å². The van der Waals surface area contributed by atoms with Crippen molar-refractivity contribution in [3.8, 4) is 0 Å². The summed E-state index contributed by atoms with van der Waals surface area (Å²) in [4.78, 5) is 24.3. The van der Waals surface area contributed by atoms with Crippen molar-refractivity contribution in [1.82, 2.24) is 4.90 Å². The van der Waals surface area contributed by atoms with Gasteiger partial charge >= 0.3 is 5.97 Å². The van der Waals surface area contributed by atoms with E-state index in [0.717, 1.165) is 12.0 Å². The van der Waals surface area contributed by atoms with E-state index >= 15 is 0 Å². The van der Waals surface area contributed by atoms with Crippen molar-refractivity contribution in [3.63, 3.8) is 0 Å². The van der Waals surface area contributed by atoms with Crippen LogP contribution >= 0.6 is 11.6 Å². The Kier molecular flexibility index (Phi) is 4.22.